The third-order valence-electron chi connectivity index (χ3n) is 2.29. The van der Waals surface area contributed by atoms with Crippen molar-refractivity contribution in [2.45, 2.75) is 45.9 Å². The van der Waals surface area contributed by atoms with Gasteiger partial charge in [-0.25, -0.2) is 0 Å². The van der Waals surface area contributed by atoms with Crippen LogP contribution in [0, 0.1) is 0 Å². The molecule has 0 saturated heterocycles. The number of halogens is 3. The molecule has 0 spiro atoms. The van der Waals surface area contributed by atoms with Crippen LogP contribution in [0.5, 0.6) is 0 Å². The molecule has 1 aromatic rings. The molecule has 2 nitrogen and oxygen atoms in total. The first kappa shape index (κ1) is 15.5. The lowest BCUT2D eigenvalue weighted by molar-refractivity contribution is -0.137. The van der Waals surface area contributed by atoms with Gasteiger partial charge < -0.3 is 4.84 Å². The molecule has 5 heteroatoms. The van der Waals surface area contributed by atoms with Gasteiger partial charge in [-0.2, -0.15) is 13.2 Å². The Bertz CT molecular complexity index is 458. The van der Waals surface area contributed by atoms with Gasteiger partial charge >= 0.3 is 6.18 Å². The number of hydrogen-bond donors (Lipinski definition) is 0. The Kier molecular flexibility index (Phi) is 4.61. The Balaban J connectivity index is 3.06. The third kappa shape index (κ3) is 4.93. The van der Waals surface area contributed by atoms with Crippen molar-refractivity contribution in [3.63, 3.8) is 0 Å². The van der Waals surface area contributed by atoms with Gasteiger partial charge in [-0.3, -0.25) is 0 Å². The first-order chi connectivity index (χ1) is 8.63. The highest BCUT2D eigenvalue weighted by Gasteiger charge is 2.30. The van der Waals surface area contributed by atoms with Gasteiger partial charge in [0.15, 0.2) is 0 Å². The molecule has 1 aromatic carbocycles. The smallest absolute Gasteiger partial charge is 0.390 e. The zero-order valence-electron chi connectivity index (χ0n) is 11.5. The number of benzene rings is 1. The normalized spacial score (nSPS) is 13.5. The quantitative estimate of drug-likeness (QED) is 0.581. The summed E-state index contributed by atoms with van der Waals surface area (Å²) in [5.41, 5.74) is -0.216. The van der Waals surface area contributed by atoms with Crippen LogP contribution in [0.2, 0.25) is 0 Å². The number of hydrogen-bond acceptors (Lipinski definition) is 2. The summed E-state index contributed by atoms with van der Waals surface area (Å²) in [5.74, 6) is 0. The molecule has 0 fully saturated rings. The molecule has 0 saturated carbocycles. The van der Waals surface area contributed by atoms with Crippen molar-refractivity contribution in [1.82, 2.24) is 0 Å². The molecular formula is C14H18F3NO. The highest BCUT2D eigenvalue weighted by Crippen LogP contribution is 2.29. The van der Waals surface area contributed by atoms with Crippen molar-refractivity contribution in [3.8, 4) is 0 Å². The SMILES string of the molecule is CC/C(=N\OC(C)(C)C)c1cccc(C(F)(F)F)c1. The van der Waals surface area contributed by atoms with E-state index in [-0.39, 0.29) is 0 Å². The van der Waals surface area contributed by atoms with E-state index in [9.17, 15) is 13.2 Å². The first-order valence-corrected chi connectivity index (χ1v) is 6.06. The summed E-state index contributed by atoms with van der Waals surface area (Å²) in [7, 11) is 0. The van der Waals surface area contributed by atoms with Gasteiger partial charge in [-0.15, -0.1) is 0 Å². The predicted molar refractivity (Wildman–Crippen MR) is 69.1 cm³/mol. The maximum Gasteiger partial charge on any atom is 0.416 e. The largest absolute Gasteiger partial charge is 0.416 e. The lowest BCUT2D eigenvalue weighted by Crippen LogP contribution is -2.17. The standard InChI is InChI=1S/C14H18F3NO/c1-5-12(18-19-13(2,3)4)10-7-6-8-11(9-10)14(15,16)17/h6-9H,5H2,1-4H3/b18-12+. The summed E-state index contributed by atoms with van der Waals surface area (Å²) in [4.78, 5) is 5.27. The third-order valence-corrected chi connectivity index (χ3v) is 2.29. The summed E-state index contributed by atoms with van der Waals surface area (Å²) < 4.78 is 37.9. The molecule has 0 bridgehead atoms. The van der Waals surface area contributed by atoms with E-state index in [2.05, 4.69) is 5.16 Å². The minimum Gasteiger partial charge on any atom is -0.390 e. The molecule has 0 aliphatic rings. The maximum atomic E-state index is 12.6. The van der Waals surface area contributed by atoms with Crippen LogP contribution in [0.15, 0.2) is 29.4 Å². The van der Waals surface area contributed by atoms with Crippen molar-refractivity contribution >= 4 is 5.71 Å². The summed E-state index contributed by atoms with van der Waals surface area (Å²) in [6.07, 6.45) is -3.85. The monoisotopic (exact) mass is 273 g/mol. The van der Waals surface area contributed by atoms with E-state index >= 15 is 0 Å². The first-order valence-electron chi connectivity index (χ1n) is 6.06. The molecule has 0 aliphatic carbocycles. The molecular weight excluding hydrogens is 255 g/mol. The van der Waals surface area contributed by atoms with E-state index in [1.807, 2.05) is 27.7 Å². The predicted octanol–water partition coefficient (Wildman–Crippen LogP) is 4.63. The van der Waals surface area contributed by atoms with Gasteiger partial charge in [0.05, 0.1) is 11.3 Å². The van der Waals surface area contributed by atoms with Gasteiger partial charge in [0.25, 0.3) is 0 Å². The molecule has 0 atom stereocenters. The molecule has 0 unspecified atom stereocenters. The minimum absolute atomic E-state index is 0.432. The second kappa shape index (κ2) is 5.63. The Morgan fingerprint density at radius 3 is 2.32 bits per heavy atom. The second-order valence-electron chi connectivity index (χ2n) is 5.17. The van der Waals surface area contributed by atoms with Gasteiger partial charge in [0.1, 0.15) is 5.60 Å². The van der Waals surface area contributed by atoms with Crippen molar-refractivity contribution in [3.05, 3.63) is 35.4 Å². The molecule has 1 rings (SSSR count). The summed E-state index contributed by atoms with van der Waals surface area (Å²) in [6, 6.07) is 5.11. The Morgan fingerprint density at radius 2 is 1.84 bits per heavy atom. The zero-order chi connectivity index (χ0) is 14.7. The molecule has 0 heterocycles. The van der Waals surface area contributed by atoms with E-state index in [1.165, 1.54) is 6.07 Å². The number of alkyl halides is 3. The Morgan fingerprint density at radius 1 is 1.21 bits per heavy atom. The van der Waals surface area contributed by atoms with Crippen molar-refractivity contribution < 1.29 is 18.0 Å². The summed E-state index contributed by atoms with van der Waals surface area (Å²) in [6.45, 7) is 7.31. The van der Waals surface area contributed by atoms with Gasteiger partial charge in [-0.1, -0.05) is 24.2 Å². The Hall–Kier alpha value is -1.52. The van der Waals surface area contributed by atoms with E-state index in [1.54, 1.807) is 6.07 Å². The van der Waals surface area contributed by atoms with Crippen molar-refractivity contribution in [2.75, 3.05) is 0 Å². The van der Waals surface area contributed by atoms with Crippen LogP contribution >= 0.6 is 0 Å². The van der Waals surface area contributed by atoms with Crippen LogP contribution in [-0.4, -0.2) is 11.3 Å². The van der Waals surface area contributed by atoms with Crippen LogP contribution in [0.1, 0.15) is 45.2 Å². The lowest BCUT2D eigenvalue weighted by atomic mass is 10.0. The molecule has 0 N–H and O–H groups in total. The fourth-order valence-corrected chi connectivity index (χ4v) is 1.39. The van der Waals surface area contributed by atoms with E-state index in [0.717, 1.165) is 12.1 Å². The second-order valence-corrected chi connectivity index (χ2v) is 5.17. The Labute approximate surface area is 111 Å². The van der Waals surface area contributed by atoms with Crippen LogP contribution in [0.3, 0.4) is 0 Å². The molecule has 0 aliphatic heterocycles. The molecule has 106 valence electrons. The highest BCUT2D eigenvalue weighted by molar-refractivity contribution is 6.00. The molecule has 0 aromatic heterocycles. The molecule has 0 amide bonds. The fourth-order valence-electron chi connectivity index (χ4n) is 1.39. The van der Waals surface area contributed by atoms with E-state index < -0.39 is 17.3 Å². The van der Waals surface area contributed by atoms with Gasteiger partial charge in [-0.05, 0) is 44.9 Å². The number of oxime groups is 1. The van der Waals surface area contributed by atoms with Crippen molar-refractivity contribution in [1.29, 1.82) is 0 Å². The summed E-state index contributed by atoms with van der Waals surface area (Å²) >= 11 is 0. The van der Waals surface area contributed by atoms with Crippen LogP contribution in [0.4, 0.5) is 13.2 Å². The van der Waals surface area contributed by atoms with Crippen LogP contribution < -0.4 is 0 Å². The zero-order valence-corrected chi connectivity index (χ0v) is 11.5. The van der Waals surface area contributed by atoms with E-state index in [4.69, 9.17) is 4.84 Å². The fraction of sp³-hybridized carbons (Fsp3) is 0.500. The molecule has 19 heavy (non-hydrogen) atoms. The van der Waals surface area contributed by atoms with Crippen LogP contribution in [0.25, 0.3) is 0 Å². The topological polar surface area (TPSA) is 21.6 Å². The van der Waals surface area contributed by atoms with Crippen LogP contribution in [-0.2, 0) is 11.0 Å². The maximum absolute atomic E-state index is 12.6. The average molecular weight is 273 g/mol. The minimum atomic E-state index is -4.35. The van der Waals surface area contributed by atoms with E-state index in [0.29, 0.717) is 17.7 Å². The van der Waals surface area contributed by atoms with Gasteiger partial charge in [0.2, 0.25) is 0 Å². The van der Waals surface area contributed by atoms with Crippen molar-refractivity contribution in [2.24, 2.45) is 5.16 Å². The highest BCUT2D eigenvalue weighted by atomic mass is 19.4. The van der Waals surface area contributed by atoms with Gasteiger partial charge in [0, 0.05) is 0 Å². The average Bonchev–Trinajstić information content (AvgIpc) is 2.27. The lowest BCUT2D eigenvalue weighted by Gasteiger charge is -2.17. The number of rotatable bonds is 3. The molecule has 0 radical (unpaired) electrons. The number of nitrogens with zero attached hydrogens (tertiary/aromatic N) is 1. The summed E-state index contributed by atoms with van der Waals surface area (Å²) in [5, 5.41) is 3.96.